The molecule has 2 N–H and O–H groups in total. The molecule has 6 heteroatoms. The van der Waals surface area contributed by atoms with Crippen LogP contribution in [0.5, 0.6) is 11.5 Å². The lowest BCUT2D eigenvalue weighted by Gasteiger charge is -2.12. The molecule has 0 radical (unpaired) electrons. The van der Waals surface area contributed by atoms with Crippen molar-refractivity contribution in [3.8, 4) is 11.5 Å². The zero-order valence-electron chi connectivity index (χ0n) is 15.0. The third-order valence-corrected chi connectivity index (χ3v) is 3.71. The lowest BCUT2D eigenvalue weighted by molar-refractivity contribution is -0.116. The molecule has 0 spiro atoms. The molecule has 0 aliphatic carbocycles. The van der Waals surface area contributed by atoms with Crippen LogP contribution in [0.1, 0.15) is 35.7 Å². The fourth-order valence-corrected chi connectivity index (χ4v) is 2.36. The van der Waals surface area contributed by atoms with Gasteiger partial charge in [0, 0.05) is 12.1 Å². The minimum absolute atomic E-state index is 0.141. The summed E-state index contributed by atoms with van der Waals surface area (Å²) in [6.45, 7) is 4.65. The number of nitrogens with one attached hydrogen (secondary N) is 1. The molecule has 0 bridgehead atoms. The average Bonchev–Trinajstić information content (AvgIpc) is 2.62. The highest BCUT2D eigenvalue weighted by molar-refractivity contribution is 5.94. The van der Waals surface area contributed by atoms with E-state index in [1.54, 1.807) is 6.07 Å². The molecule has 2 rings (SSSR count). The molecule has 0 heterocycles. The molecule has 2 aromatic rings. The van der Waals surface area contributed by atoms with Gasteiger partial charge in [-0.2, -0.15) is 0 Å². The third-order valence-electron chi connectivity index (χ3n) is 3.71. The second-order valence-corrected chi connectivity index (χ2v) is 5.71. The Labute approximate surface area is 152 Å². The molecule has 6 nitrogen and oxygen atoms in total. The van der Waals surface area contributed by atoms with E-state index in [0.29, 0.717) is 36.8 Å². The number of carboxylic acid groups (broad SMARTS) is 1. The summed E-state index contributed by atoms with van der Waals surface area (Å²) in [5.41, 5.74) is 1.46. The summed E-state index contributed by atoms with van der Waals surface area (Å²) in [6, 6.07) is 12.0. The smallest absolute Gasteiger partial charge is 0.335 e. The van der Waals surface area contributed by atoms with Crippen molar-refractivity contribution in [2.45, 2.75) is 26.7 Å². The first kappa shape index (κ1) is 19.3. The molecular formula is C20H23NO5. The number of rotatable bonds is 9. The second kappa shape index (κ2) is 9.46. The molecule has 0 aliphatic rings. The molecule has 0 fully saturated rings. The molecule has 0 unspecified atom stereocenters. The maximum atomic E-state index is 12.1. The Morgan fingerprint density at radius 3 is 2.42 bits per heavy atom. The standard InChI is InChI=1S/C20H23NO5/c1-3-25-17-7-4-5-8-18(17)26-12-6-9-19(22)21-16-13-15(20(23)24)11-10-14(16)2/h4-5,7-8,10-11,13H,3,6,9,12H2,1-2H3,(H,21,22)(H,23,24). The summed E-state index contributed by atoms with van der Waals surface area (Å²) < 4.78 is 11.2. The van der Waals surface area contributed by atoms with E-state index < -0.39 is 5.97 Å². The number of hydrogen-bond acceptors (Lipinski definition) is 4. The van der Waals surface area contributed by atoms with E-state index in [1.165, 1.54) is 12.1 Å². The largest absolute Gasteiger partial charge is 0.490 e. The molecule has 1 amide bonds. The normalized spacial score (nSPS) is 10.2. The monoisotopic (exact) mass is 357 g/mol. The summed E-state index contributed by atoms with van der Waals surface area (Å²) in [6.07, 6.45) is 0.803. The van der Waals surface area contributed by atoms with Crippen LogP contribution >= 0.6 is 0 Å². The lowest BCUT2D eigenvalue weighted by Crippen LogP contribution is -2.14. The first-order chi connectivity index (χ1) is 12.5. The van der Waals surface area contributed by atoms with Gasteiger partial charge in [0.05, 0.1) is 18.8 Å². The van der Waals surface area contributed by atoms with Crippen molar-refractivity contribution < 1.29 is 24.2 Å². The van der Waals surface area contributed by atoms with Crippen LogP contribution in [-0.2, 0) is 4.79 Å². The van der Waals surface area contributed by atoms with Crippen molar-refractivity contribution in [1.29, 1.82) is 0 Å². The highest BCUT2D eigenvalue weighted by atomic mass is 16.5. The van der Waals surface area contributed by atoms with E-state index in [0.717, 1.165) is 5.56 Å². The minimum Gasteiger partial charge on any atom is -0.490 e. The predicted octanol–water partition coefficient (Wildman–Crippen LogP) is 3.89. The van der Waals surface area contributed by atoms with E-state index in [1.807, 2.05) is 38.1 Å². The van der Waals surface area contributed by atoms with Crippen molar-refractivity contribution in [2.75, 3.05) is 18.5 Å². The number of aromatic carboxylic acids is 1. The number of aryl methyl sites for hydroxylation is 1. The van der Waals surface area contributed by atoms with Crippen molar-refractivity contribution in [3.63, 3.8) is 0 Å². The van der Waals surface area contributed by atoms with Crippen LogP contribution in [0.15, 0.2) is 42.5 Å². The van der Waals surface area contributed by atoms with Gasteiger partial charge in [0.15, 0.2) is 11.5 Å². The van der Waals surface area contributed by atoms with Gasteiger partial charge in [0.25, 0.3) is 0 Å². The molecule has 0 atom stereocenters. The van der Waals surface area contributed by atoms with E-state index in [4.69, 9.17) is 14.6 Å². The maximum Gasteiger partial charge on any atom is 0.335 e. The number of ether oxygens (including phenoxy) is 2. The molecule has 0 aromatic heterocycles. The number of hydrogen-bond donors (Lipinski definition) is 2. The Kier molecular flexibility index (Phi) is 7.02. The highest BCUT2D eigenvalue weighted by Crippen LogP contribution is 2.26. The maximum absolute atomic E-state index is 12.1. The van der Waals surface area contributed by atoms with Gasteiger partial charge in [-0.1, -0.05) is 18.2 Å². The van der Waals surface area contributed by atoms with Crippen LogP contribution in [0.4, 0.5) is 5.69 Å². The number of benzene rings is 2. The van der Waals surface area contributed by atoms with E-state index >= 15 is 0 Å². The molecule has 0 saturated carbocycles. The SMILES string of the molecule is CCOc1ccccc1OCCCC(=O)Nc1cc(C(=O)O)ccc1C. The zero-order chi connectivity index (χ0) is 18.9. The van der Waals surface area contributed by atoms with Gasteiger partial charge in [0.1, 0.15) is 0 Å². The molecule has 2 aromatic carbocycles. The molecule has 0 saturated heterocycles. The number of para-hydroxylation sites is 2. The van der Waals surface area contributed by atoms with Gasteiger partial charge in [0.2, 0.25) is 5.91 Å². The number of carbonyl (C=O) groups excluding carboxylic acids is 1. The Balaban J connectivity index is 1.83. The summed E-state index contributed by atoms with van der Waals surface area (Å²) >= 11 is 0. The average molecular weight is 357 g/mol. The van der Waals surface area contributed by atoms with Crippen LogP contribution in [0.2, 0.25) is 0 Å². The highest BCUT2D eigenvalue weighted by Gasteiger charge is 2.09. The number of anilines is 1. The van der Waals surface area contributed by atoms with E-state index in [2.05, 4.69) is 5.32 Å². The summed E-state index contributed by atoms with van der Waals surface area (Å²) in [7, 11) is 0. The molecule has 138 valence electrons. The van der Waals surface area contributed by atoms with Crippen molar-refractivity contribution in [3.05, 3.63) is 53.6 Å². The van der Waals surface area contributed by atoms with Gasteiger partial charge in [-0.05, 0) is 50.1 Å². The molecular weight excluding hydrogens is 334 g/mol. The summed E-state index contributed by atoms with van der Waals surface area (Å²) in [5, 5.41) is 11.8. The first-order valence-electron chi connectivity index (χ1n) is 8.49. The third kappa shape index (κ3) is 5.51. The van der Waals surface area contributed by atoms with E-state index in [-0.39, 0.29) is 17.9 Å². The van der Waals surface area contributed by atoms with Gasteiger partial charge < -0.3 is 19.9 Å². The fraction of sp³-hybridized carbons (Fsp3) is 0.300. The zero-order valence-corrected chi connectivity index (χ0v) is 15.0. The second-order valence-electron chi connectivity index (χ2n) is 5.71. The van der Waals surface area contributed by atoms with Gasteiger partial charge in [-0.3, -0.25) is 4.79 Å². The molecule has 26 heavy (non-hydrogen) atoms. The van der Waals surface area contributed by atoms with Crippen molar-refractivity contribution in [1.82, 2.24) is 0 Å². The number of amides is 1. The topological polar surface area (TPSA) is 84.9 Å². The van der Waals surface area contributed by atoms with Gasteiger partial charge >= 0.3 is 5.97 Å². The summed E-state index contributed by atoms with van der Waals surface area (Å²) in [4.78, 5) is 23.1. The quantitative estimate of drug-likeness (QED) is 0.665. The van der Waals surface area contributed by atoms with Crippen LogP contribution in [0.25, 0.3) is 0 Å². The number of carboxylic acids is 1. The van der Waals surface area contributed by atoms with Crippen molar-refractivity contribution >= 4 is 17.6 Å². The summed E-state index contributed by atoms with van der Waals surface area (Å²) in [5.74, 6) is 0.125. The van der Waals surface area contributed by atoms with E-state index in [9.17, 15) is 9.59 Å². The predicted molar refractivity (Wildman–Crippen MR) is 99.1 cm³/mol. The van der Waals surface area contributed by atoms with Gasteiger partial charge in [-0.25, -0.2) is 4.79 Å². The van der Waals surface area contributed by atoms with Crippen LogP contribution in [0.3, 0.4) is 0 Å². The van der Waals surface area contributed by atoms with Crippen molar-refractivity contribution in [2.24, 2.45) is 0 Å². The Hall–Kier alpha value is -3.02. The first-order valence-corrected chi connectivity index (χ1v) is 8.49. The lowest BCUT2D eigenvalue weighted by atomic mass is 10.1. The number of carbonyl (C=O) groups is 2. The van der Waals surface area contributed by atoms with Crippen LogP contribution < -0.4 is 14.8 Å². The minimum atomic E-state index is -1.03. The van der Waals surface area contributed by atoms with Crippen LogP contribution in [0, 0.1) is 6.92 Å². The Morgan fingerprint density at radius 1 is 1.08 bits per heavy atom. The Morgan fingerprint density at radius 2 is 1.77 bits per heavy atom. The molecule has 0 aliphatic heterocycles. The Bertz CT molecular complexity index is 773. The van der Waals surface area contributed by atoms with Gasteiger partial charge in [-0.15, -0.1) is 0 Å². The fourth-order valence-electron chi connectivity index (χ4n) is 2.36. The van der Waals surface area contributed by atoms with Crippen LogP contribution in [-0.4, -0.2) is 30.2 Å².